The Morgan fingerprint density at radius 1 is 1.16 bits per heavy atom. The molecular formula is C18H15NO5S. The average Bonchev–Trinajstić information content (AvgIpc) is 2.61. The van der Waals surface area contributed by atoms with Crippen LogP contribution in [0.1, 0.15) is 21.5 Å². The van der Waals surface area contributed by atoms with Gasteiger partial charge in [0.1, 0.15) is 12.0 Å². The number of Topliss-reactive ketones (excluding diaryl/α,β-unsaturated/α-hetero) is 1. The minimum Gasteiger partial charge on any atom is -0.505 e. The summed E-state index contributed by atoms with van der Waals surface area (Å²) in [6.45, 7) is 0. The topological polar surface area (TPSA) is 91.8 Å². The summed E-state index contributed by atoms with van der Waals surface area (Å²) in [5.74, 6) is -1.02. The lowest BCUT2D eigenvalue weighted by molar-refractivity contribution is -0.107. The number of nitrogens with zero attached hydrogens (tertiary/aromatic N) is 1. The summed E-state index contributed by atoms with van der Waals surface area (Å²) in [6, 6.07) is 12.3. The molecule has 128 valence electrons. The van der Waals surface area contributed by atoms with Gasteiger partial charge < -0.3 is 9.90 Å². The quantitative estimate of drug-likeness (QED) is 0.516. The van der Waals surface area contributed by atoms with Crippen LogP contribution in [0.4, 0.5) is 0 Å². The first-order valence-electron chi connectivity index (χ1n) is 7.46. The second-order valence-corrected chi connectivity index (χ2v) is 7.50. The number of aldehydes is 1. The molecule has 1 N–H and O–H groups in total. The van der Waals surface area contributed by atoms with Crippen molar-refractivity contribution in [3.05, 3.63) is 70.9 Å². The molecule has 0 bridgehead atoms. The molecule has 1 heterocycles. The second kappa shape index (κ2) is 6.18. The summed E-state index contributed by atoms with van der Waals surface area (Å²) in [7, 11) is -2.71. The van der Waals surface area contributed by atoms with Gasteiger partial charge in [0.15, 0.2) is 5.76 Å². The maximum atomic E-state index is 12.8. The van der Waals surface area contributed by atoms with Crippen molar-refractivity contribution in [1.29, 1.82) is 0 Å². The highest BCUT2D eigenvalue weighted by Crippen LogP contribution is 2.34. The highest BCUT2D eigenvalue weighted by molar-refractivity contribution is 7.89. The SMILES string of the molecule is CN1C(=C(O)c2cccc(CC=O)c2)C(=O)c2ccccc2S1(=O)=O. The van der Waals surface area contributed by atoms with Crippen LogP contribution in [-0.4, -0.2) is 36.9 Å². The highest BCUT2D eigenvalue weighted by Gasteiger charge is 2.39. The Hall–Kier alpha value is -2.93. The lowest BCUT2D eigenvalue weighted by Crippen LogP contribution is -2.37. The maximum Gasteiger partial charge on any atom is 0.265 e. The van der Waals surface area contributed by atoms with Gasteiger partial charge >= 0.3 is 0 Å². The molecule has 7 heteroatoms. The van der Waals surface area contributed by atoms with Crippen LogP contribution < -0.4 is 0 Å². The third-order valence-electron chi connectivity index (χ3n) is 4.04. The molecule has 0 radical (unpaired) electrons. The van der Waals surface area contributed by atoms with Crippen LogP contribution in [0.15, 0.2) is 59.1 Å². The molecule has 0 saturated carbocycles. The van der Waals surface area contributed by atoms with Crippen LogP contribution in [0.5, 0.6) is 0 Å². The molecule has 25 heavy (non-hydrogen) atoms. The van der Waals surface area contributed by atoms with Crippen molar-refractivity contribution in [3.8, 4) is 0 Å². The van der Waals surface area contributed by atoms with Crippen LogP contribution in [0.3, 0.4) is 0 Å². The molecule has 0 fully saturated rings. The van der Waals surface area contributed by atoms with E-state index < -0.39 is 21.6 Å². The number of carbonyl (C=O) groups excluding carboxylic acids is 2. The van der Waals surface area contributed by atoms with Gasteiger partial charge in [-0.15, -0.1) is 0 Å². The van der Waals surface area contributed by atoms with Crippen LogP contribution in [-0.2, 0) is 21.2 Å². The van der Waals surface area contributed by atoms with E-state index in [1.54, 1.807) is 30.3 Å². The van der Waals surface area contributed by atoms with E-state index in [9.17, 15) is 23.1 Å². The fraction of sp³-hybridized carbons (Fsp3) is 0.111. The number of aliphatic hydroxyl groups is 1. The number of fused-ring (bicyclic) bond motifs is 1. The number of hydrogen-bond acceptors (Lipinski definition) is 5. The van der Waals surface area contributed by atoms with Gasteiger partial charge in [-0.25, -0.2) is 8.42 Å². The maximum absolute atomic E-state index is 12.8. The number of benzene rings is 2. The van der Waals surface area contributed by atoms with Gasteiger partial charge in [-0.2, -0.15) is 0 Å². The molecule has 1 aliphatic rings. The summed E-state index contributed by atoms with van der Waals surface area (Å²) in [6.07, 6.45) is 0.878. The van der Waals surface area contributed by atoms with Crippen LogP contribution >= 0.6 is 0 Å². The summed E-state index contributed by atoms with van der Waals surface area (Å²) >= 11 is 0. The zero-order valence-corrected chi connectivity index (χ0v) is 14.2. The molecule has 0 unspecified atom stereocenters. The van der Waals surface area contributed by atoms with Gasteiger partial charge in [-0.1, -0.05) is 30.3 Å². The zero-order valence-electron chi connectivity index (χ0n) is 13.3. The summed E-state index contributed by atoms with van der Waals surface area (Å²) in [4.78, 5) is 23.3. The smallest absolute Gasteiger partial charge is 0.265 e. The van der Waals surface area contributed by atoms with Crippen molar-refractivity contribution in [2.75, 3.05) is 7.05 Å². The molecule has 6 nitrogen and oxygen atoms in total. The van der Waals surface area contributed by atoms with E-state index in [0.717, 1.165) is 10.6 Å². The number of hydrogen-bond donors (Lipinski definition) is 1. The third kappa shape index (κ3) is 2.72. The molecular weight excluding hydrogens is 342 g/mol. The predicted octanol–water partition coefficient (Wildman–Crippen LogP) is 2.17. The number of allylic oxidation sites excluding steroid dienone is 1. The normalized spacial score (nSPS) is 17.8. The van der Waals surface area contributed by atoms with Crippen LogP contribution in [0.2, 0.25) is 0 Å². The Morgan fingerprint density at radius 2 is 1.88 bits per heavy atom. The third-order valence-corrected chi connectivity index (χ3v) is 5.86. The Morgan fingerprint density at radius 3 is 2.60 bits per heavy atom. The summed E-state index contributed by atoms with van der Waals surface area (Å²) < 4.78 is 26.1. The van der Waals surface area contributed by atoms with Crippen molar-refractivity contribution in [1.82, 2.24) is 4.31 Å². The molecule has 2 aromatic carbocycles. The summed E-state index contributed by atoms with van der Waals surface area (Å²) in [5.41, 5.74) is 0.617. The van der Waals surface area contributed by atoms with Gasteiger partial charge in [0.05, 0.1) is 4.90 Å². The van der Waals surface area contributed by atoms with E-state index in [2.05, 4.69) is 0 Å². The number of ketones is 1. The molecule has 0 aromatic heterocycles. The standard InChI is InChI=1S/C18H15NO5S/c1-19-16(17(21)13-6-4-5-12(11-13)9-10-20)18(22)14-7-2-3-8-15(14)25(19,23)24/h2-8,10-11,21H,9H2,1H3. The van der Waals surface area contributed by atoms with E-state index in [4.69, 9.17) is 0 Å². The van der Waals surface area contributed by atoms with Gasteiger partial charge in [0.2, 0.25) is 5.78 Å². The molecule has 2 aromatic rings. The van der Waals surface area contributed by atoms with E-state index in [0.29, 0.717) is 5.56 Å². The lowest BCUT2D eigenvalue weighted by Gasteiger charge is -2.28. The number of carbonyl (C=O) groups is 2. The first-order valence-corrected chi connectivity index (χ1v) is 8.90. The van der Waals surface area contributed by atoms with Crippen molar-refractivity contribution in [2.45, 2.75) is 11.3 Å². The number of rotatable bonds is 3. The van der Waals surface area contributed by atoms with Crippen molar-refractivity contribution in [2.24, 2.45) is 0 Å². The van der Waals surface area contributed by atoms with E-state index in [1.165, 1.54) is 25.2 Å². The molecule has 0 spiro atoms. The summed E-state index contributed by atoms with van der Waals surface area (Å²) in [5, 5.41) is 10.6. The van der Waals surface area contributed by atoms with E-state index in [1.807, 2.05) is 0 Å². The van der Waals surface area contributed by atoms with Crippen LogP contribution in [0.25, 0.3) is 5.76 Å². The highest BCUT2D eigenvalue weighted by atomic mass is 32.2. The molecule has 3 rings (SSSR count). The van der Waals surface area contributed by atoms with Gasteiger partial charge in [-0.05, 0) is 23.8 Å². The molecule has 0 aliphatic carbocycles. The Bertz CT molecular complexity index is 1010. The lowest BCUT2D eigenvalue weighted by atomic mass is 10.0. The first kappa shape index (κ1) is 16.9. The van der Waals surface area contributed by atoms with Crippen molar-refractivity contribution < 1.29 is 23.1 Å². The number of sulfonamides is 1. The fourth-order valence-corrected chi connectivity index (χ4v) is 4.15. The van der Waals surface area contributed by atoms with Crippen molar-refractivity contribution >= 4 is 27.9 Å². The molecule has 1 aliphatic heterocycles. The Kier molecular flexibility index (Phi) is 4.18. The minimum atomic E-state index is -3.94. The van der Waals surface area contributed by atoms with E-state index >= 15 is 0 Å². The predicted molar refractivity (Wildman–Crippen MR) is 91.5 cm³/mol. The molecule has 0 saturated heterocycles. The van der Waals surface area contributed by atoms with Crippen LogP contribution in [0, 0.1) is 0 Å². The monoisotopic (exact) mass is 357 g/mol. The van der Waals surface area contributed by atoms with Gasteiger partial charge in [-0.3, -0.25) is 9.10 Å². The first-order chi connectivity index (χ1) is 11.9. The molecule has 0 atom stereocenters. The number of likely N-dealkylation sites (N-methyl/N-ethyl adjacent to an activating group) is 1. The van der Waals surface area contributed by atoms with Crippen molar-refractivity contribution in [3.63, 3.8) is 0 Å². The van der Waals surface area contributed by atoms with E-state index in [-0.39, 0.29) is 28.1 Å². The second-order valence-electron chi connectivity index (χ2n) is 5.57. The average molecular weight is 357 g/mol. The fourth-order valence-electron chi connectivity index (χ4n) is 2.75. The Balaban J connectivity index is 2.22. The minimum absolute atomic E-state index is 0.0196. The number of aliphatic hydroxyl groups excluding tert-OH is 1. The molecule has 0 amide bonds. The Labute approximate surface area is 145 Å². The van der Waals surface area contributed by atoms with Gasteiger partial charge in [0, 0.05) is 24.6 Å². The zero-order chi connectivity index (χ0) is 18.2. The largest absolute Gasteiger partial charge is 0.505 e. The van der Waals surface area contributed by atoms with Gasteiger partial charge in [0.25, 0.3) is 10.0 Å².